The Kier molecular flexibility index (Phi) is 5.52. The van der Waals surface area contributed by atoms with E-state index in [2.05, 4.69) is 20.8 Å². The van der Waals surface area contributed by atoms with E-state index >= 15 is 0 Å². The summed E-state index contributed by atoms with van der Waals surface area (Å²) in [5, 5.41) is 0. The molecule has 2 aromatic carbocycles. The van der Waals surface area contributed by atoms with Crippen LogP contribution in [-0.2, 0) is 14.9 Å². The van der Waals surface area contributed by atoms with Gasteiger partial charge in [-0.2, -0.15) is 8.42 Å². The van der Waals surface area contributed by atoms with Gasteiger partial charge in [-0.05, 0) is 52.3 Å². The molecule has 1 heterocycles. The van der Waals surface area contributed by atoms with Gasteiger partial charge >= 0.3 is 10.1 Å². The third-order valence-electron chi connectivity index (χ3n) is 4.24. The molecule has 1 fully saturated rings. The molecule has 0 aromatic heterocycles. The van der Waals surface area contributed by atoms with Crippen molar-refractivity contribution in [1.29, 1.82) is 0 Å². The number of carbonyl (C=O) groups excluding carboxylic acids is 1. The Balaban J connectivity index is 1.69. The third kappa shape index (κ3) is 4.19. The molecule has 0 aliphatic carbocycles. The van der Waals surface area contributed by atoms with Gasteiger partial charge in [0.2, 0.25) is 5.91 Å². The zero-order valence-corrected chi connectivity index (χ0v) is 16.7. The molecule has 0 radical (unpaired) electrons. The van der Waals surface area contributed by atoms with Gasteiger partial charge < -0.3 is 14.0 Å². The summed E-state index contributed by atoms with van der Waals surface area (Å²) in [5.74, 6) is 0.345. The Labute approximate surface area is 161 Å². The number of anilines is 1. The van der Waals surface area contributed by atoms with Crippen molar-refractivity contribution in [2.45, 2.75) is 11.8 Å². The first-order chi connectivity index (χ1) is 12.4. The first kappa shape index (κ1) is 18.7. The van der Waals surface area contributed by atoms with Crippen LogP contribution in [-0.4, -0.2) is 45.4 Å². The highest BCUT2D eigenvalue weighted by atomic mass is 79.9. The Morgan fingerprint density at radius 3 is 2.19 bits per heavy atom. The Morgan fingerprint density at radius 2 is 1.62 bits per heavy atom. The fourth-order valence-corrected chi connectivity index (χ4v) is 4.70. The van der Waals surface area contributed by atoms with E-state index in [1.165, 1.54) is 6.07 Å². The van der Waals surface area contributed by atoms with Gasteiger partial charge in [0, 0.05) is 43.3 Å². The number of halogens is 1. The van der Waals surface area contributed by atoms with Crippen LogP contribution in [0.3, 0.4) is 0 Å². The smallest absolute Gasteiger partial charge is 0.340 e. The van der Waals surface area contributed by atoms with E-state index < -0.39 is 10.1 Å². The van der Waals surface area contributed by atoms with E-state index in [9.17, 15) is 13.2 Å². The minimum Gasteiger partial charge on any atom is -0.379 e. The van der Waals surface area contributed by atoms with E-state index in [1.807, 2.05) is 17.0 Å². The minimum atomic E-state index is -3.90. The fraction of sp³-hybridized carbons (Fsp3) is 0.278. The van der Waals surface area contributed by atoms with Gasteiger partial charge in [0.15, 0.2) is 0 Å². The Bertz CT molecular complexity index is 892. The summed E-state index contributed by atoms with van der Waals surface area (Å²) in [5.41, 5.74) is 0.971. The zero-order chi connectivity index (χ0) is 18.7. The van der Waals surface area contributed by atoms with Crippen LogP contribution in [0.25, 0.3) is 0 Å². The molecule has 138 valence electrons. The molecule has 26 heavy (non-hydrogen) atoms. The summed E-state index contributed by atoms with van der Waals surface area (Å²) in [6.07, 6.45) is 0. The normalized spacial score (nSPS) is 15.0. The van der Waals surface area contributed by atoms with E-state index in [0.29, 0.717) is 17.6 Å². The topological polar surface area (TPSA) is 66.9 Å². The SMILES string of the molecule is CC(=O)N1CCN(c2ccc(OS(=O)(=O)c3ccccc3Br)cc2)CC1. The fourth-order valence-electron chi connectivity index (χ4n) is 2.81. The van der Waals surface area contributed by atoms with Gasteiger partial charge in [-0.3, -0.25) is 4.79 Å². The molecule has 1 amide bonds. The lowest BCUT2D eigenvalue weighted by molar-refractivity contribution is -0.129. The van der Waals surface area contributed by atoms with Crippen LogP contribution >= 0.6 is 15.9 Å². The van der Waals surface area contributed by atoms with Crippen molar-refractivity contribution in [2.24, 2.45) is 0 Å². The summed E-state index contributed by atoms with van der Waals surface area (Å²) in [6, 6.07) is 13.5. The molecule has 0 bridgehead atoms. The van der Waals surface area contributed by atoms with Gasteiger partial charge in [0.25, 0.3) is 0 Å². The number of hydrogen-bond donors (Lipinski definition) is 0. The Morgan fingerprint density at radius 1 is 1.00 bits per heavy atom. The van der Waals surface area contributed by atoms with E-state index in [4.69, 9.17) is 4.18 Å². The van der Waals surface area contributed by atoms with Crippen molar-refractivity contribution < 1.29 is 17.4 Å². The summed E-state index contributed by atoms with van der Waals surface area (Å²) < 4.78 is 30.5. The molecule has 6 nitrogen and oxygen atoms in total. The molecule has 0 N–H and O–H groups in total. The molecule has 0 spiro atoms. The molecule has 8 heteroatoms. The zero-order valence-electron chi connectivity index (χ0n) is 14.3. The van der Waals surface area contributed by atoms with E-state index in [-0.39, 0.29) is 16.6 Å². The van der Waals surface area contributed by atoms with Crippen molar-refractivity contribution >= 4 is 37.6 Å². The van der Waals surface area contributed by atoms with Crippen molar-refractivity contribution in [3.63, 3.8) is 0 Å². The number of piperazine rings is 1. The first-order valence-corrected chi connectivity index (χ1v) is 10.4. The minimum absolute atomic E-state index is 0.0874. The molecule has 1 aliphatic rings. The third-order valence-corrected chi connectivity index (χ3v) is 6.50. The predicted octanol–water partition coefficient (Wildman–Crippen LogP) is 2.89. The Hall–Kier alpha value is -2.06. The maximum atomic E-state index is 12.4. The number of rotatable bonds is 4. The molecule has 1 saturated heterocycles. The van der Waals surface area contributed by atoms with Gasteiger partial charge in [-0.15, -0.1) is 0 Å². The van der Waals surface area contributed by atoms with Crippen LogP contribution in [0.5, 0.6) is 5.75 Å². The second kappa shape index (κ2) is 7.67. The van der Waals surface area contributed by atoms with Crippen LogP contribution in [0.15, 0.2) is 57.9 Å². The summed E-state index contributed by atoms with van der Waals surface area (Å²) in [6.45, 7) is 4.44. The molecule has 0 saturated carbocycles. The number of nitrogens with zero attached hydrogens (tertiary/aromatic N) is 2. The van der Waals surface area contributed by atoms with Crippen molar-refractivity contribution in [3.05, 3.63) is 53.0 Å². The predicted molar refractivity (Wildman–Crippen MR) is 103 cm³/mol. The lowest BCUT2D eigenvalue weighted by Crippen LogP contribution is -2.48. The second-order valence-electron chi connectivity index (χ2n) is 5.95. The first-order valence-electron chi connectivity index (χ1n) is 8.16. The maximum Gasteiger partial charge on any atom is 0.340 e. The molecular formula is C18H19BrN2O4S. The number of benzene rings is 2. The standard InChI is InChI=1S/C18H19BrN2O4S/c1-14(22)20-10-12-21(13-11-20)15-6-8-16(9-7-15)25-26(23,24)18-5-3-2-4-17(18)19/h2-9H,10-13H2,1H3. The average molecular weight is 439 g/mol. The highest BCUT2D eigenvalue weighted by Crippen LogP contribution is 2.27. The van der Waals surface area contributed by atoms with E-state index in [0.717, 1.165) is 18.8 Å². The highest BCUT2D eigenvalue weighted by molar-refractivity contribution is 9.10. The van der Waals surface area contributed by atoms with Crippen LogP contribution in [0.1, 0.15) is 6.92 Å². The lowest BCUT2D eigenvalue weighted by Gasteiger charge is -2.35. The number of amides is 1. The van der Waals surface area contributed by atoms with E-state index in [1.54, 1.807) is 37.3 Å². The molecule has 0 atom stereocenters. The molecule has 3 rings (SSSR count). The van der Waals surface area contributed by atoms with Gasteiger partial charge in [-0.25, -0.2) is 0 Å². The summed E-state index contributed by atoms with van der Waals surface area (Å²) >= 11 is 3.23. The number of carbonyl (C=O) groups is 1. The van der Waals surface area contributed by atoms with Crippen molar-refractivity contribution in [1.82, 2.24) is 4.90 Å². The summed E-state index contributed by atoms with van der Waals surface area (Å²) in [7, 11) is -3.90. The molecule has 2 aromatic rings. The van der Waals surface area contributed by atoms with Crippen LogP contribution < -0.4 is 9.08 Å². The van der Waals surface area contributed by atoms with Crippen LogP contribution in [0.2, 0.25) is 0 Å². The van der Waals surface area contributed by atoms with Crippen molar-refractivity contribution in [2.75, 3.05) is 31.1 Å². The quantitative estimate of drug-likeness (QED) is 0.686. The van der Waals surface area contributed by atoms with Gasteiger partial charge in [0.1, 0.15) is 10.6 Å². The van der Waals surface area contributed by atoms with Crippen LogP contribution in [0, 0.1) is 0 Å². The monoisotopic (exact) mass is 438 g/mol. The highest BCUT2D eigenvalue weighted by Gasteiger charge is 2.21. The van der Waals surface area contributed by atoms with Crippen LogP contribution in [0.4, 0.5) is 5.69 Å². The average Bonchev–Trinajstić information content (AvgIpc) is 2.62. The number of hydrogen-bond acceptors (Lipinski definition) is 5. The maximum absolute atomic E-state index is 12.4. The van der Waals surface area contributed by atoms with Crippen molar-refractivity contribution in [3.8, 4) is 5.75 Å². The summed E-state index contributed by atoms with van der Waals surface area (Å²) in [4.78, 5) is 15.5. The second-order valence-corrected chi connectivity index (χ2v) is 8.32. The van der Waals surface area contributed by atoms with Gasteiger partial charge in [-0.1, -0.05) is 12.1 Å². The molecular weight excluding hydrogens is 420 g/mol. The van der Waals surface area contributed by atoms with Gasteiger partial charge in [0.05, 0.1) is 0 Å². The molecule has 0 unspecified atom stereocenters. The lowest BCUT2D eigenvalue weighted by atomic mass is 10.2. The largest absolute Gasteiger partial charge is 0.379 e. The molecule has 1 aliphatic heterocycles.